The van der Waals surface area contributed by atoms with E-state index >= 15 is 0 Å². The lowest BCUT2D eigenvalue weighted by molar-refractivity contribution is 0.0915. The van der Waals surface area contributed by atoms with Crippen LogP contribution in [-0.2, 0) is 6.54 Å². The molecule has 6 nitrogen and oxygen atoms in total. The van der Waals surface area contributed by atoms with Crippen LogP contribution >= 0.6 is 0 Å². The van der Waals surface area contributed by atoms with Crippen LogP contribution in [0.2, 0.25) is 0 Å². The first-order valence-electron chi connectivity index (χ1n) is 9.57. The van der Waals surface area contributed by atoms with E-state index in [4.69, 9.17) is 4.74 Å². The smallest absolute Gasteiger partial charge is 0.271 e. The van der Waals surface area contributed by atoms with Crippen LogP contribution in [0.15, 0.2) is 47.3 Å². The fourth-order valence-corrected chi connectivity index (χ4v) is 3.44. The highest BCUT2D eigenvalue weighted by Gasteiger charge is 2.24. The van der Waals surface area contributed by atoms with Gasteiger partial charge in [0.05, 0.1) is 12.1 Å². The Morgan fingerprint density at radius 3 is 2.32 bits per heavy atom. The van der Waals surface area contributed by atoms with Gasteiger partial charge in [0.25, 0.3) is 5.56 Å². The van der Waals surface area contributed by atoms with Crippen molar-refractivity contribution >= 4 is 5.78 Å². The molecule has 0 radical (unpaired) electrons. The van der Waals surface area contributed by atoms with Crippen LogP contribution in [-0.4, -0.2) is 22.1 Å². The second kappa shape index (κ2) is 8.84. The van der Waals surface area contributed by atoms with E-state index < -0.39 is 23.0 Å². The zero-order valence-corrected chi connectivity index (χ0v) is 17.4. The van der Waals surface area contributed by atoms with E-state index in [-0.39, 0.29) is 29.8 Å². The zero-order chi connectivity index (χ0) is 22.7. The number of nitriles is 1. The van der Waals surface area contributed by atoms with Crippen molar-refractivity contribution < 1.29 is 19.0 Å². The number of aryl methyl sites for hydroxylation is 2. The normalized spacial score (nSPS) is 10.5. The minimum atomic E-state index is -0.728. The van der Waals surface area contributed by atoms with E-state index in [1.165, 1.54) is 31.2 Å². The van der Waals surface area contributed by atoms with E-state index in [0.29, 0.717) is 11.3 Å². The average molecular weight is 420 g/mol. The Labute approximate surface area is 178 Å². The van der Waals surface area contributed by atoms with Crippen LogP contribution in [0.3, 0.4) is 0 Å². The molecule has 31 heavy (non-hydrogen) atoms. The lowest BCUT2D eigenvalue weighted by Crippen LogP contribution is -2.28. The Kier molecular flexibility index (Phi) is 6.21. The molecule has 0 spiro atoms. The second-order valence-electron chi connectivity index (χ2n) is 7.26. The van der Waals surface area contributed by atoms with Gasteiger partial charge >= 0.3 is 0 Å². The molecule has 3 aromatic rings. The minimum Gasteiger partial charge on any atom is -0.494 e. The molecule has 0 amide bonds. The molecule has 2 aromatic carbocycles. The Morgan fingerprint density at radius 2 is 1.74 bits per heavy atom. The number of nitrogens with zero attached hydrogens (tertiary/aromatic N) is 2. The highest BCUT2D eigenvalue weighted by atomic mass is 19.1. The molecule has 0 unspecified atom stereocenters. The van der Waals surface area contributed by atoms with Gasteiger partial charge in [-0.15, -0.1) is 0 Å². The lowest BCUT2D eigenvalue weighted by Gasteiger charge is -2.16. The largest absolute Gasteiger partial charge is 0.494 e. The maximum Gasteiger partial charge on any atom is 0.271 e. The third-order valence-electron chi connectivity index (χ3n) is 5.09. The molecule has 0 fully saturated rings. The van der Waals surface area contributed by atoms with Crippen LogP contribution < -0.4 is 10.3 Å². The second-order valence-corrected chi connectivity index (χ2v) is 7.26. The first kappa shape index (κ1) is 21.8. The van der Waals surface area contributed by atoms with Gasteiger partial charge in [-0.25, -0.2) is 4.39 Å². The number of rotatable bonds is 6. The topological polar surface area (TPSA) is 92.3 Å². The summed E-state index contributed by atoms with van der Waals surface area (Å²) in [5, 5.41) is 20.2. The molecular formula is C24H21FN2O4. The zero-order valence-electron chi connectivity index (χ0n) is 17.4. The van der Waals surface area contributed by atoms with E-state index in [1.807, 2.05) is 38.1 Å². The summed E-state index contributed by atoms with van der Waals surface area (Å²) >= 11 is 0. The van der Waals surface area contributed by atoms with E-state index in [0.717, 1.165) is 15.7 Å². The number of carbonyl (C=O) groups excluding carboxylic acids is 1. The molecular weight excluding hydrogens is 399 g/mol. The molecule has 0 atom stereocenters. The van der Waals surface area contributed by atoms with E-state index in [9.17, 15) is 24.3 Å². The predicted octanol–water partition coefficient (Wildman–Crippen LogP) is 3.80. The molecule has 1 aromatic heterocycles. The molecule has 0 saturated heterocycles. The number of carbonyl (C=O) groups is 1. The maximum absolute atomic E-state index is 13.2. The number of aromatic hydroxyl groups is 1. The van der Waals surface area contributed by atoms with Crippen molar-refractivity contribution in [3.8, 4) is 17.7 Å². The summed E-state index contributed by atoms with van der Waals surface area (Å²) in [7, 11) is 0. The number of benzene rings is 2. The molecule has 0 bridgehead atoms. The van der Waals surface area contributed by atoms with Crippen molar-refractivity contribution in [3.05, 3.63) is 92.0 Å². The highest BCUT2D eigenvalue weighted by Crippen LogP contribution is 2.26. The minimum absolute atomic E-state index is 0.0930. The molecule has 1 N–H and O–H groups in total. The van der Waals surface area contributed by atoms with Gasteiger partial charge in [-0.05, 0) is 55.2 Å². The van der Waals surface area contributed by atoms with Gasteiger partial charge in [-0.1, -0.05) is 30.3 Å². The highest BCUT2D eigenvalue weighted by molar-refractivity contribution is 6.01. The predicted molar refractivity (Wildman–Crippen MR) is 113 cm³/mol. The summed E-state index contributed by atoms with van der Waals surface area (Å²) < 4.78 is 19.8. The van der Waals surface area contributed by atoms with Gasteiger partial charge in [0.15, 0.2) is 6.61 Å². The summed E-state index contributed by atoms with van der Waals surface area (Å²) in [6.07, 6.45) is 0. The van der Waals surface area contributed by atoms with Crippen LogP contribution in [0.1, 0.15) is 38.2 Å². The quantitative estimate of drug-likeness (QED) is 0.613. The van der Waals surface area contributed by atoms with Crippen molar-refractivity contribution in [1.82, 2.24) is 4.57 Å². The molecule has 0 aliphatic heterocycles. The number of aromatic nitrogens is 1. The fourth-order valence-electron chi connectivity index (χ4n) is 3.44. The van der Waals surface area contributed by atoms with Gasteiger partial charge in [-0.2, -0.15) is 5.26 Å². The molecule has 0 saturated carbocycles. The van der Waals surface area contributed by atoms with Crippen molar-refractivity contribution in [3.63, 3.8) is 0 Å². The van der Waals surface area contributed by atoms with Crippen molar-refractivity contribution in [2.75, 3.05) is 6.61 Å². The Morgan fingerprint density at radius 1 is 1.13 bits per heavy atom. The van der Waals surface area contributed by atoms with Crippen LogP contribution in [0.25, 0.3) is 0 Å². The SMILES string of the molecule is Cc1cccc(C)c1OCC(=O)c1c(C)c(C#N)c(=O)n(Cc2ccc(F)cc2)c1O. The van der Waals surface area contributed by atoms with E-state index in [1.54, 1.807) is 0 Å². The molecule has 0 aliphatic carbocycles. The standard InChI is InChI=1S/C24H21FN2O4/c1-14-5-4-6-15(2)22(14)31-13-20(28)21-16(3)19(11-26)23(29)27(24(21)30)12-17-7-9-18(25)10-8-17/h4-10,30H,12-13H2,1-3H3. The Balaban J connectivity index is 2.01. The number of Topliss-reactive ketones (excluding diaryl/α,β-unsaturated/α-hetero) is 1. The number of ether oxygens (including phenoxy) is 1. The van der Waals surface area contributed by atoms with Gasteiger partial charge < -0.3 is 9.84 Å². The number of para-hydroxylation sites is 1. The Hall–Kier alpha value is -3.92. The monoisotopic (exact) mass is 420 g/mol. The van der Waals surface area contributed by atoms with Crippen molar-refractivity contribution in [2.24, 2.45) is 0 Å². The first-order valence-corrected chi connectivity index (χ1v) is 9.57. The van der Waals surface area contributed by atoms with Gasteiger partial charge in [0.1, 0.15) is 23.2 Å². The van der Waals surface area contributed by atoms with Crippen molar-refractivity contribution in [1.29, 1.82) is 5.26 Å². The average Bonchev–Trinajstić information content (AvgIpc) is 2.72. The summed E-state index contributed by atoms with van der Waals surface area (Å²) in [4.78, 5) is 25.7. The summed E-state index contributed by atoms with van der Waals surface area (Å²) in [5.74, 6) is -1.00. The van der Waals surface area contributed by atoms with Crippen LogP contribution in [0.4, 0.5) is 4.39 Å². The van der Waals surface area contributed by atoms with E-state index in [2.05, 4.69) is 0 Å². The lowest BCUT2D eigenvalue weighted by atomic mass is 10.0. The molecule has 3 rings (SSSR count). The molecule has 1 heterocycles. The van der Waals surface area contributed by atoms with Gasteiger partial charge in [-0.3, -0.25) is 14.2 Å². The van der Waals surface area contributed by atoms with Gasteiger partial charge in [0.2, 0.25) is 11.7 Å². The number of ketones is 1. The third-order valence-corrected chi connectivity index (χ3v) is 5.09. The number of hydrogen-bond acceptors (Lipinski definition) is 5. The molecule has 0 aliphatic rings. The maximum atomic E-state index is 13.2. The fraction of sp³-hybridized carbons (Fsp3) is 0.208. The third kappa shape index (κ3) is 4.33. The number of pyridine rings is 1. The molecule has 7 heteroatoms. The summed E-state index contributed by atoms with van der Waals surface area (Å²) in [6.45, 7) is 4.64. The van der Waals surface area contributed by atoms with Gasteiger partial charge in [0, 0.05) is 0 Å². The van der Waals surface area contributed by atoms with Crippen LogP contribution in [0, 0.1) is 37.9 Å². The van der Waals surface area contributed by atoms with Crippen LogP contribution in [0.5, 0.6) is 11.6 Å². The summed E-state index contributed by atoms with van der Waals surface area (Å²) in [6, 6.07) is 12.8. The summed E-state index contributed by atoms with van der Waals surface area (Å²) in [5.41, 5.74) is 1.21. The number of hydrogen-bond donors (Lipinski definition) is 1. The first-order chi connectivity index (χ1) is 14.7. The van der Waals surface area contributed by atoms with Crippen molar-refractivity contribution in [2.45, 2.75) is 27.3 Å². The Bertz CT molecular complexity index is 1230. The number of halogens is 1. The molecule has 158 valence electrons.